The molecule has 0 aromatic heterocycles. The van der Waals surface area contributed by atoms with Gasteiger partial charge in [-0.25, -0.2) is 4.39 Å². The summed E-state index contributed by atoms with van der Waals surface area (Å²) in [5.41, 5.74) is 1.49. The number of hydrogen-bond acceptors (Lipinski definition) is 2. The SMILES string of the molecule is CCNC(c1ccc(C)c(F)c1)C1(OC)CCCCCC1. The molecule has 1 aliphatic rings. The van der Waals surface area contributed by atoms with E-state index in [9.17, 15) is 4.39 Å². The fraction of sp³-hybridized carbons (Fsp3) is 0.667. The summed E-state index contributed by atoms with van der Waals surface area (Å²) < 4.78 is 20.0. The minimum Gasteiger partial charge on any atom is -0.376 e. The third-order valence-corrected chi connectivity index (χ3v) is 4.82. The van der Waals surface area contributed by atoms with Crippen LogP contribution in [0.4, 0.5) is 4.39 Å². The Morgan fingerprint density at radius 3 is 2.43 bits per heavy atom. The molecular weight excluding hydrogens is 265 g/mol. The van der Waals surface area contributed by atoms with Gasteiger partial charge in [0.05, 0.1) is 11.6 Å². The molecule has 0 saturated heterocycles. The lowest BCUT2D eigenvalue weighted by molar-refractivity contribution is -0.0537. The fourth-order valence-corrected chi connectivity index (χ4v) is 3.54. The third-order valence-electron chi connectivity index (χ3n) is 4.82. The topological polar surface area (TPSA) is 21.3 Å². The van der Waals surface area contributed by atoms with Crippen LogP contribution in [-0.2, 0) is 4.74 Å². The third kappa shape index (κ3) is 3.64. The minimum atomic E-state index is -0.214. The van der Waals surface area contributed by atoms with Crippen molar-refractivity contribution in [3.63, 3.8) is 0 Å². The molecule has 0 spiro atoms. The van der Waals surface area contributed by atoms with Gasteiger partial charge in [0.25, 0.3) is 0 Å². The summed E-state index contributed by atoms with van der Waals surface area (Å²) in [5.74, 6) is -0.129. The van der Waals surface area contributed by atoms with Crippen LogP contribution in [0, 0.1) is 12.7 Å². The minimum absolute atomic E-state index is 0.0562. The van der Waals surface area contributed by atoms with Crippen LogP contribution in [0.3, 0.4) is 0 Å². The second-order valence-electron chi connectivity index (χ2n) is 6.18. The first-order chi connectivity index (χ1) is 10.1. The summed E-state index contributed by atoms with van der Waals surface area (Å²) in [6.45, 7) is 4.75. The molecule has 1 aliphatic carbocycles. The zero-order chi connectivity index (χ0) is 15.3. The van der Waals surface area contributed by atoms with Gasteiger partial charge in [-0.2, -0.15) is 0 Å². The standard InChI is InChI=1S/C18H28FNO/c1-4-20-17(15-10-9-14(2)16(19)13-15)18(21-3)11-7-5-6-8-12-18/h9-10,13,17,20H,4-8,11-12H2,1-3H3. The van der Waals surface area contributed by atoms with E-state index >= 15 is 0 Å². The normalized spacial score (nSPS) is 20.0. The second-order valence-corrected chi connectivity index (χ2v) is 6.18. The van der Waals surface area contributed by atoms with Gasteiger partial charge < -0.3 is 10.1 Å². The van der Waals surface area contributed by atoms with Gasteiger partial charge in [-0.05, 0) is 43.5 Å². The van der Waals surface area contributed by atoms with Crippen molar-refractivity contribution >= 4 is 0 Å². The van der Waals surface area contributed by atoms with Gasteiger partial charge in [0.15, 0.2) is 0 Å². The highest BCUT2D eigenvalue weighted by atomic mass is 19.1. The van der Waals surface area contributed by atoms with Gasteiger partial charge in [-0.1, -0.05) is 44.7 Å². The number of benzene rings is 1. The van der Waals surface area contributed by atoms with E-state index in [0.29, 0.717) is 5.56 Å². The summed E-state index contributed by atoms with van der Waals surface area (Å²) >= 11 is 0. The lowest BCUT2D eigenvalue weighted by Crippen LogP contribution is -2.45. The molecule has 1 atom stereocenters. The monoisotopic (exact) mass is 293 g/mol. The molecule has 1 aromatic carbocycles. The Kier molecular flexibility index (Phi) is 5.77. The van der Waals surface area contributed by atoms with Crippen LogP contribution >= 0.6 is 0 Å². The quantitative estimate of drug-likeness (QED) is 0.806. The fourth-order valence-electron chi connectivity index (χ4n) is 3.54. The van der Waals surface area contributed by atoms with Crippen molar-refractivity contribution in [1.82, 2.24) is 5.32 Å². The predicted octanol–water partition coefficient (Wildman–Crippen LogP) is 4.52. The number of hydrogen-bond donors (Lipinski definition) is 1. The van der Waals surface area contributed by atoms with Crippen molar-refractivity contribution in [3.8, 4) is 0 Å². The number of aryl methyl sites for hydroxylation is 1. The van der Waals surface area contributed by atoms with E-state index < -0.39 is 0 Å². The number of halogens is 1. The van der Waals surface area contributed by atoms with Crippen LogP contribution in [0.15, 0.2) is 18.2 Å². The summed E-state index contributed by atoms with van der Waals surface area (Å²) in [7, 11) is 1.81. The Bertz CT molecular complexity index is 453. The Morgan fingerprint density at radius 1 is 1.24 bits per heavy atom. The second kappa shape index (κ2) is 7.37. The maximum Gasteiger partial charge on any atom is 0.126 e. The van der Waals surface area contributed by atoms with Gasteiger partial charge in [0.2, 0.25) is 0 Å². The largest absolute Gasteiger partial charge is 0.376 e. The Morgan fingerprint density at radius 2 is 1.90 bits per heavy atom. The van der Waals surface area contributed by atoms with E-state index in [4.69, 9.17) is 4.74 Å². The van der Waals surface area contributed by atoms with Crippen LogP contribution < -0.4 is 5.32 Å². The van der Waals surface area contributed by atoms with Crippen LogP contribution in [0.25, 0.3) is 0 Å². The van der Waals surface area contributed by atoms with E-state index in [0.717, 1.165) is 24.9 Å². The van der Waals surface area contributed by atoms with Gasteiger partial charge in [-0.15, -0.1) is 0 Å². The molecule has 21 heavy (non-hydrogen) atoms. The van der Waals surface area contributed by atoms with Crippen molar-refractivity contribution in [2.45, 2.75) is 64.0 Å². The van der Waals surface area contributed by atoms with Crippen molar-refractivity contribution in [2.75, 3.05) is 13.7 Å². The van der Waals surface area contributed by atoms with Gasteiger partial charge in [-0.3, -0.25) is 0 Å². The summed E-state index contributed by atoms with van der Waals surface area (Å²) in [5, 5.41) is 3.54. The van der Waals surface area contributed by atoms with Gasteiger partial charge in [0, 0.05) is 7.11 Å². The molecule has 1 saturated carbocycles. The molecule has 0 heterocycles. The maximum absolute atomic E-state index is 14.0. The highest BCUT2D eigenvalue weighted by molar-refractivity contribution is 5.28. The number of rotatable bonds is 5. The molecule has 2 rings (SSSR count). The lowest BCUT2D eigenvalue weighted by Gasteiger charge is -2.40. The molecule has 3 heteroatoms. The zero-order valence-corrected chi connectivity index (χ0v) is 13.5. The molecule has 118 valence electrons. The average molecular weight is 293 g/mol. The van der Waals surface area contributed by atoms with Crippen LogP contribution in [0.1, 0.15) is 62.6 Å². The van der Waals surface area contributed by atoms with Crippen molar-refractivity contribution in [1.29, 1.82) is 0 Å². The van der Waals surface area contributed by atoms with E-state index in [1.54, 1.807) is 20.1 Å². The van der Waals surface area contributed by atoms with Crippen LogP contribution in [0.2, 0.25) is 0 Å². The number of methoxy groups -OCH3 is 1. The molecule has 2 nitrogen and oxygen atoms in total. The van der Waals surface area contributed by atoms with E-state index in [1.165, 1.54) is 25.7 Å². The molecule has 0 amide bonds. The van der Waals surface area contributed by atoms with E-state index in [1.807, 2.05) is 12.1 Å². The molecular formula is C18H28FNO. The van der Waals surface area contributed by atoms with Gasteiger partial charge >= 0.3 is 0 Å². The van der Waals surface area contributed by atoms with E-state index in [2.05, 4.69) is 12.2 Å². The molecule has 0 radical (unpaired) electrons. The molecule has 1 fully saturated rings. The molecule has 1 unspecified atom stereocenters. The summed E-state index contributed by atoms with van der Waals surface area (Å²) in [4.78, 5) is 0. The zero-order valence-electron chi connectivity index (χ0n) is 13.5. The van der Waals surface area contributed by atoms with Crippen molar-refractivity contribution in [3.05, 3.63) is 35.1 Å². The number of ether oxygens (including phenoxy) is 1. The maximum atomic E-state index is 14.0. The highest BCUT2D eigenvalue weighted by Crippen LogP contribution is 2.40. The highest BCUT2D eigenvalue weighted by Gasteiger charge is 2.39. The number of likely N-dealkylation sites (N-methyl/N-ethyl adjacent to an activating group) is 1. The first kappa shape index (κ1) is 16.4. The van der Waals surface area contributed by atoms with Crippen LogP contribution in [0.5, 0.6) is 0 Å². The average Bonchev–Trinajstić information content (AvgIpc) is 2.74. The summed E-state index contributed by atoms with van der Waals surface area (Å²) in [6.07, 6.45) is 6.99. The van der Waals surface area contributed by atoms with Gasteiger partial charge in [0.1, 0.15) is 5.82 Å². The number of nitrogens with one attached hydrogen (secondary N) is 1. The van der Waals surface area contributed by atoms with Crippen molar-refractivity contribution in [2.24, 2.45) is 0 Å². The molecule has 1 aromatic rings. The molecule has 1 N–H and O–H groups in total. The molecule has 0 aliphatic heterocycles. The van der Waals surface area contributed by atoms with Crippen molar-refractivity contribution < 1.29 is 9.13 Å². The molecule has 0 bridgehead atoms. The first-order valence-electron chi connectivity index (χ1n) is 8.17. The Hall–Kier alpha value is -0.930. The first-order valence-corrected chi connectivity index (χ1v) is 8.17. The summed E-state index contributed by atoms with van der Waals surface area (Å²) in [6, 6.07) is 5.64. The Labute approximate surface area is 128 Å². The van der Waals surface area contributed by atoms with Crippen LogP contribution in [-0.4, -0.2) is 19.3 Å². The Balaban J connectivity index is 2.36. The smallest absolute Gasteiger partial charge is 0.126 e. The van der Waals surface area contributed by atoms with E-state index in [-0.39, 0.29) is 17.5 Å². The predicted molar refractivity (Wildman–Crippen MR) is 85.0 cm³/mol. The lowest BCUT2D eigenvalue weighted by atomic mass is 9.82.